The van der Waals surface area contributed by atoms with Crippen molar-refractivity contribution in [2.75, 3.05) is 31.1 Å². The van der Waals surface area contributed by atoms with Crippen LogP contribution in [0.5, 0.6) is 0 Å². The Labute approximate surface area is 194 Å². The summed E-state index contributed by atoms with van der Waals surface area (Å²) in [6, 6.07) is 10.6. The van der Waals surface area contributed by atoms with Gasteiger partial charge in [-0.15, -0.1) is 0 Å². The third-order valence-electron chi connectivity index (χ3n) is 6.73. The summed E-state index contributed by atoms with van der Waals surface area (Å²) in [6.45, 7) is 5.44. The maximum atomic E-state index is 12.9. The number of aromatic nitrogens is 4. The molecule has 0 bridgehead atoms. The summed E-state index contributed by atoms with van der Waals surface area (Å²) in [7, 11) is 0. The maximum Gasteiger partial charge on any atom is 0.274 e. The zero-order valence-corrected chi connectivity index (χ0v) is 19.2. The fourth-order valence-corrected chi connectivity index (χ4v) is 4.96. The number of aryl methyl sites for hydroxylation is 1. The van der Waals surface area contributed by atoms with E-state index in [4.69, 9.17) is 9.97 Å². The topological polar surface area (TPSA) is 75.1 Å². The van der Waals surface area contributed by atoms with E-state index >= 15 is 0 Å². The van der Waals surface area contributed by atoms with Gasteiger partial charge in [0.15, 0.2) is 0 Å². The molecule has 1 amide bonds. The summed E-state index contributed by atoms with van der Waals surface area (Å²) < 4.78 is 0. The number of carbonyl (C=O) groups excluding carboxylic acids is 1. The first-order valence-corrected chi connectivity index (χ1v) is 11.9. The quantitative estimate of drug-likeness (QED) is 0.601. The summed E-state index contributed by atoms with van der Waals surface area (Å²) in [4.78, 5) is 35.5. The second-order valence-corrected chi connectivity index (χ2v) is 8.98. The van der Waals surface area contributed by atoms with Crippen LogP contribution in [0.4, 0.5) is 5.82 Å². The van der Waals surface area contributed by atoms with Gasteiger partial charge >= 0.3 is 0 Å². The van der Waals surface area contributed by atoms with Crippen LogP contribution in [0.2, 0.25) is 0 Å². The molecule has 0 saturated carbocycles. The Morgan fingerprint density at radius 3 is 2.79 bits per heavy atom. The summed E-state index contributed by atoms with van der Waals surface area (Å²) in [6.07, 6.45) is 9.79. The Morgan fingerprint density at radius 2 is 1.97 bits per heavy atom. The van der Waals surface area contributed by atoms with E-state index < -0.39 is 0 Å². The van der Waals surface area contributed by atoms with Gasteiger partial charge in [0.05, 0.1) is 6.20 Å². The Bertz CT molecular complexity index is 1100. The van der Waals surface area contributed by atoms with Crippen LogP contribution in [-0.2, 0) is 12.8 Å². The molecule has 0 N–H and O–H groups in total. The van der Waals surface area contributed by atoms with Crippen LogP contribution >= 0.6 is 0 Å². The standard InChI is InChI=1S/C26H30N6O/c1-19-22-10-6-14-31(16-11-20-7-3-2-4-8-20)25(22)30-24(29-19)21-9-5-15-32(18-21)26(33)23-17-27-12-13-28-23/h2-4,7-8,12-13,17,21H,5-6,9-11,14-16,18H2,1H3/t21-/m0/s1. The number of fused-ring (bicyclic) bond motifs is 1. The van der Waals surface area contributed by atoms with Gasteiger partial charge in [-0.2, -0.15) is 0 Å². The van der Waals surface area contributed by atoms with E-state index in [2.05, 4.69) is 52.1 Å². The zero-order chi connectivity index (χ0) is 22.6. The molecule has 3 aromatic rings. The van der Waals surface area contributed by atoms with Gasteiger partial charge in [0.25, 0.3) is 5.91 Å². The number of nitrogens with zero attached hydrogens (tertiary/aromatic N) is 6. The minimum Gasteiger partial charge on any atom is -0.356 e. The number of hydrogen-bond donors (Lipinski definition) is 0. The largest absolute Gasteiger partial charge is 0.356 e. The Hall–Kier alpha value is -3.35. The molecule has 2 aromatic heterocycles. The summed E-state index contributed by atoms with van der Waals surface area (Å²) in [5.74, 6) is 2.04. The van der Waals surface area contributed by atoms with Crippen molar-refractivity contribution in [2.24, 2.45) is 0 Å². The average molecular weight is 443 g/mol. The minimum atomic E-state index is -0.0630. The van der Waals surface area contributed by atoms with Crippen LogP contribution in [0.15, 0.2) is 48.9 Å². The van der Waals surface area contributed by atoms with Gasteiger partial charge in [-0.3, -0.25) is 9.78 Å². The molecule has 0 aliphatic carbocycles. The minimum absolute atomic E-state index is 0.0630. The smallest absolute Gasteiger partial charge is 0.274 e. The average Bonchev–Trinajstić information content (AvgIpc) is 2.88. The molecule has 1 aromatic carbocycles. The highest BCUT2D eigenvalue weighted by atomic mass is 16.2. The molecule has 170 valence electrons. The Balaban J connectivity index is 1.35. The van der Waals surface area contributed by atoms with Crippen molar-refractivity contribution in [3.63, 3.8) is 0 Å². The number of piperidine rings is 1. The number of likely N-dealkylation sites (tertiary alicyclic amines) is 1. The molecule has 7 heteroatoms. The van der Waals surface area contributed by atoms with Gasteiger partial charge < -0.3 is 9.80 Å². The van der Waals surface area contributed by atoms with Crippen molar-refractivity contribution in [1.82, 2.24) is 24.8 Å². The van der Waals surface area contributed by atoms with E-state index in [1.165, 1.54) is 17.3 Å². The molecule has 5 rings (SSSR count). The van der Waals surface area contributed by atoms with Crippen molar-refractivity contribution in [3.05, 3.63) is 77.3 Å². The third-order valence-corrected chi connectivity index (χ3v) is 6.73. The SMILES string of the molecule is Cc1nc([C@H]2CCCN(C(=O)c3cnccn3)C2)nc2c1CCCN2CCc1ccccc1. The van der Waals surface area contributed by atoms with Crippen molar-refractivity contribution < 1.29 is 4.79 Å². The molecule has 2 aliphatic heterocycles. The highest BCUT2D eigenvalue weighted by molar-refractivity contribution is 5.92. The molecule has 1 fully saturated rings. The molecule has 7 nitrogen and oxygen atoms in total. The van der Waals surface area contributed by atoms with Crippen molar-refractivity contribution in [2.45, 2.75) is 44.9 Å². The van der Waals surface area contributed by atoms with Crippen LogP contribution in [0.25, 0.3) is 0 Å². The first-order chi connectivity index (χ1) is 16.2. The van der Waals surface area contributed by atoms with Crippen LogP contribution in [0.3, 0.4) is 0 Å². The normalized spacial score (nSPS) is 18.2. The fourth-order valence-electron chi connectivity index (χ4n) is 4.96. The highest BCUT2D eigenvalue weighted by Crippen LogP contribution is 2.32. The van der Waals surface area contributed by atoms with Crippen LogP contribution in [0, 0.1) is 6.92 Å². The molecule has 33 heavy (non-hydrogen) atoms. The van der Waals surface area contributed by atoms with E-state index in [9.17, 15) is 4.79 Å². The van der Waals surface area contributed by atoms with E-state index in [0.29, 0.717) is 12.2 Å². The highest BCUT2D eigenvalue weighted by Gasteiger charge is 2.30. The molecule has 2 aliphatic rings. The maximum absolute atomic E-state index is 12.9. The molecule has 1 atom stereocenters. The van der Waals surface area contributed by atoms with Gasteiger partial charge in [-0.25, -0.2) is 15.0 Å². The predicted molar refractivity (Wildman–Crippen MR) is 127 cm³/mol. The predicted octanol–water partition coefficient (Wildman–Crippen LogP) is 3.59. The first-order valence-electron chi connectivity index (χ1n) is 11.9. The van der Waals surface area contributed by atoms with E-state index in [1.807, 2.05) is 4.90 Å². The number of rotatable bonds is 5. The van der Waals surface area contributed by atoms with Crippen LogP contribution in [-0.4, -0.2) is 56.9 Å². The lowest BCUT2D eigenvalue weighted by Gasteiger charge is -2.34. The van der Waals surface area contributed by atoms with Gasteiger partial charge in [-0.05, 0) is 44.6 Å². The van der Waals surface area contributed by atoms with Crippen LogP contribution < -0.4 is 4.90 Å². The van der Waals surface area contributed by atoms with Gasteiger partial charge in [0.1, 0.15) is 17.3 Å². The lowest BCUT2D eigenvalue weighted by atomic mass is 9.95. The second-order valence-electron chi connectivity index (χ2n) is 8.98. The molecule has 4 heterocycles. The van der Waals surface area contributed by atoms with E-state index in [-0.39, 0.29) is 11.8 Å². The molecule has 0 unspecified atom stereocenters. The lowest BCUT2D eigenvalue weighted by Crippen LogP contribution is -2.40. The fraction of sp³-hybridized carbons (Fsp3) is 0.423. The molecule has 1 saturated heterocycles. The zero-order valence-electron chi connectivity index (χ0n) is 19.2. The summed E-state index contributed by atoms with van der Waals surface area (Å²) in [5, 5.41) is 0. The number of hydrogen-bond acceptors (Lipinski definition) is 6. The van der Waals surface area contributed by atoms with Crippen molar-refractivity contribution >= 4 is 11.7 Å². The number of carbonyl (C=O) groups is 1. The van der Waals surface area contributed by atoms with Gasteiger partial charge in [-0.1, -0.05) is 30.3 Å². The van der Waals surface area contributed by atoms with Crippen molar-refractivity contribution in [3.8, 4) is 0 Å². The Morgan fingerprint density at radius 1 is 1.09 bits per heavy atom. The molecule has 0 spiro atoms. The molecular formula is C26H30N6O. The number of benzene rings is 1. The van der Waals surface area contributed by atoms with Gasteiger partial charge in [0.2, 0.25) is 0 Å². The van der Waals surface area contributed by atoms with Crippen molar-refractivity contribution in [1.29, 1.82) is 0 Å². The Kier molecular flexibility index (Phi) is 6.28. The van der Waals surface area contributed by atoms with E-state index in [1.54, 1.807) is 12.4 Å². The summed E-state index contributed by atoms with van der Waals surface area (Å²) >= 11 is 0. The molecular weight excluding hydrogens is 412 g/mol. The second kappa shape index (κ2) is 9.65. The lowest BCUT2D eigenvalue weighted by molar-refractivity contribution is 0.0698. The monoisotopic (exact) mass is 442 g/mol. The van der Waals surface area contributed by atoms with Crippen LogP contribution in [0.1, 0.15) is 58.3 Å². The molecule has 0 radical (unpaired) electrons. The van der Waals surface area contributed by atoms with E-state index in [0.717, 1.165) is 69.1 Å². The first kappa shape index (κ1) is 21.5. The third kappa shape index (κ3) is 4.72. The number of amides is 1. The van der Waals surface area contributed by atoms with Gasteiger partial charge in [0, 0.05) is 55.7 Å². The number of anilines is 1. The summed E-state index contributed by atoms with van der Waals surface area (Å²) in [5.41, 5.74) is 4.10.